The predicted octanol–water partition coefficient (Wildman–Crippen LogP) is 1.96. The van der Waals surface area contributed by atoms with Gasteiger partial charge in [0.15, 0.2) is 0 Å². The molecule has 1 aromatic heterocycles. The summed E-state index contributed by atoms with van der Waals surface area (Å²) in [7, 11) is 0. The summed E-state index contributed by atoms with van der Waals surface area (Å²) in [6.07, 6.45) is 2.86. The second-order valence-corrected chi connectivity index (χ2v) is 5.88. The van der Waals surface area contributed by atoms with Gasteiger partial charge in [0.05, 0.1) is 12.2 Å². The molecule has 1 spiro atoms. The van der Waals surface area contributed by atoms with E-state index in [9.17, 15) is 0 Å². The highest BCUT2D eigenvalue weighted by Crippen LogP contribution is 2.40. The Hall–Kier alpha value is -1.13. The van der Waals surface area contributed by atoms with Crippen molar-refractivity contribution >= 4 is 0 Å². The number of ether oxygens (including phenoxy) is 2. The highest BCUT2D eigenvalue weighted by atomic mass is 16.5. The number of rotatable bonds is 4. The second kappa shape index (κ2) is 5.10. The molecule has 0 aromatic carbocycles. The van der Waals surface area contributed by atoms with Gasteiger partial charge in [-0.05, 0) is 26.3 Å². The third kappa shape index (κ3) is 2.47. The van der Waals surface area contributed by atoms with Gasteiger partial charge < -0.3 is 9.47 Å². The minimum Gasteiger partial charge on any atom is -0.477 e. The largest absolute Gasteiger partial charge is 0.477 e. The molecule has 2 saturated heterocycles. The molecule has 1 aromatic rings. The molecule has 0 amide bonds. The highest BCUT2D eigenvalue weighted by molar-refractivity contribution is 5.10. The lowest BCUT2D eigenvalue weighted by Gasteiger charge is -2.52. The van der Waals surface area contributed by atoms with Crippen LogP contribution in [-0.2, 0) is 4.74 Å². The van der Waals surface area contributed by atoms with Gasteiger partial charge in [-0.2, -0.15) is 0 Å². The van der Waals surface area contributed by atoms with Crippen LogP contribution in [0.5, 0.6) is 5.88 Å². The van der Waals surface area contributed by atoms with E-state index in [1.54, 1.807) is 6.20 Å². The summed E-state index contributed by atoms with van der Waals surface area (Å²) in [6, 6.07) is 6.36. The van der Waals surface area contributed by atoms with Gasteiger partial charge in [-0.1, -0.05) is 6.07 Å². The number of nitrogens with zero attached hydrogens (tertiary/aromatic N) is 2. The third-order valence-corrected chi connectivity index (χ3v) is 4.34. The zero-order valence-corrected chi connectivity index (χ0v) is 11.7. The minimum atomic E-state index is 0.0407. The standard InChI is InChI=1S/C15H22N2O2/c1-12(2)17-10-15(11-17)13(6-8-19-15)9-18-14-5-3-4-7-16-14/h3-5,7,12-13H,6,8-11H2,1-2H3/t13-/m1/s1. The van der Waals surface area contributed by atoms with Crippen LogP contribution in [0.25, 0.3) is 0 Å². The Morgan fingerprint density at radius 2 is 2.32 bits per heavy atom. The van der Waals surface area contributed by atoms with Crippen LogP contribution in [0.4, 0.5) is 0 Å². The lowest BCUT2D eigenvalue weighted by molar-refractivity contribution is -0.147. The minimum absolute atomic E-state index is 0.0407. The first-order valence-corrected chi connectivity index (χ1v) is 7.11. The Morgan fingerprint density at radius 1 is 1.47 bits per heavy atom. The summed E-state index contributed by atoms with van der Waals surface area (Å²) >= 11 is 0. The van der Waals surface area contributed by atoms with Crippen molar-refractivity contribution in [3.8, 4) is 5.88 Å². The van der Waals surface area contributed by atoms with E-state index in [2.05, 4.69) is 23.7 Å². The quantitative estimate of drug-likeness (QED) is 0.831. The second-order valence-electron chi connectivity index (χ2n) is 5.88. The first kappa shape index (κ1) is 12.9. The Bertz CT molecular complexity index is 415. The molecule has 0 N–H and O–H groups in total. The molecule has 0 aliphatic carbocycles. The van der Waals surface area contributed by atoms with Gasteiger partial charge in [-0.25, -0.2) is 4.98 Å². The van der Waals surface area contributed by atoms with E-state index in [0.29, 0.717) is 24.4 Å². The van der Waals surface area contributed by atoms with Crippen LogP contribution in [0.3, 0.4) is 0 Å². The molecular formula is C15H22N2O2. The predicted molar refractivity (Wildman–Crippen MR) is 73.2 cm³/mol. The van der Waals surface area contributed by atoms with Crippen LogP contribution >= 0.6 is 0 Å². The van der Waals surface area contributed by atoms with Crippen molar-refractivity contribution in [2.24, 2.45) is 5.92 Å². The first-order valence-electron chi connectivity index (χ1n) is 7.11. The average molecular weight is 262 g/mol. The Kier molecular flexibility index (Phi) is 3.46. The number of pyridine rings is 1. The van der Waals surface area contributed by atoms with Crippen molar-refractivity contribution in [3.05, 3.63) is 24.4 Å². The molecule has 104 valence electrons. The molecule has 3 rings (SSSR count). The molecular weight excluding hydrogens is 240 g/mol. The van der Waals surface area contributed by atoms with Gasteiger partial charge in [-0.15, -0.1) is 0 Å². The molecule has 19 heavy (non-hydrogen) atoms. The molecule has 1 atom stereocenters. The van der Waals surface area contributed by atoms with Gasteiger partial charge >= 0.3 is 0 Å². The number of hydrogen-bond donors (Lipinski definition) is 0. The summed E-state index contributed by atoms with van der Waals surface area (Å²) in [4.78, 5) is 6.66. The maximum Gasteiger partial charge on any atom is 0.213 e. The fraction of sp³-hybridized carbons (Fsp3) is 0.667. The van der Waals surface area contributed by atoms with Crippen molar-refractivity contribution in [1.82, 2.24) is 9.88 Å². The van der Waals surface area contributed by atoms with Crippen LogP contribution in [-0.4, -0.2) is 47.8 Å². The molecule has 2 aliphatic rings. The molecule has 0 unspecified atom stereocenters. The van der Waals surface area contributed by atoms with E-state index in [1.807, 2.05) is 18.2 Å². The molecule has 0 saturated carbocycles. The zero-order chi connectivity index (χ0) is 13.3. The van der Waals surface area contributed by atoms with Crippen molar-refractivity contribution < 1.29 is 9.47 Å². The molecule has 4 heteroatoms. The van der Waals surface area contributed by atoms with Crippen molar-refractivity contribution in [2.45, 2.75) is 31.9 Å². The van der Waals surface area contributed by atoms with Crippen LogP contribution in [0.15, 0.2) is 24.4 Å². The van der Waals surface area contributed by atoms with E-state index >= 15 is 0 Å². The van der Waals surface area contributed by atoms with Gasteiger partial charge in [0.2, 0.25) is 5.88 Å². The fourth-order valence-electron chi connectivity index (χ4n) is 2.99. The summed E-state index contributed by atoms with van der Waals surface area (Å²) in [5.74, 6) is 1.20. The summed E-state index contributed by atoms with van der Waals surface area (Å²) in [5, 5.41) is 0. The maximum atomic E-state index is 6.02. The Labute approximate surface area is 114 Å². The number of likely N-dealkylation sites (tertiary alicyclic amines) is 1. The molecule has 2 aliphatic heterocycles. The van der Waals surface area contributed by atoms with Gasteiger partial charge in [0.1, 0.15) is 0 Å². The number of hydrogen-bond acceptors (Lipinski definition) is 4. The zero-order valence-electron chi connectivity index (χ0n) is 11.7. The summed E-state index contributed by atoms with van der Waals surface area (Å²) in [5.41, 5.74) is 0.0407. The average Bonchev–Trinajstić information content (AvgIpc) is 2.79. The molecule has 0 bridgehead atoms. The van der Waals surface area contributed by atoms with Crippen molar-refractivity contribution in [1.29, 1.82) is 0 Å². The number of aromatic nitrogens is 1. The Balaban J connectivity index is 1.56. The topological polar surface area (TPSA) is 34.6 Å². The van der Waals surface area contributed by atoms with Gasteiger partial charge in [0.25, 0.3) is 0 Å². The smallest absolute Gasteiger partial charge is 0.213 e. The lowest BCUT2D eigenvalue weighted by Crippen LogP contribution is -2.66. The molecule has 2 fully saturated rings. The fourth-order valence-corrected chi connectivity index (χ4v) is 2.99. The van der Waals surface area contributed by atoms with Crippen LogP contribution < -0.4 is 4.74 Å². The van der Waals surface area contributed by atoms with E-state index in [1.165, 1.54) is 0 Å². The normalized spacial score (nSPS) is 25.7. The van der Waals surface area contributed by atoms with Crippen molar-refractivity contribution in [2.75, 3.05) is 26.3 Å². The van der Waals surface area contributed by atoms with Crippen molar-refractivity contribution in [3.63, 3.8) is 0 Å². The van der Waals surface area contributed by atoms with E-state index in [0.717, 1.165) is 26.1 Å². The molecule has 0 radical (unpaired) electrons. The summed E-state index contributed by atoms with van der Waals surface area (Å²) < 4.78 is 11.8. The van der Waals surface area contributed by atoms with Gasteiger partial charge in [0, 0.05) is 43.9 Å². The maximum absolute atomic E-state index is 6.02. The van der Waals surface area contributed by atoms with E-state index in [4.69, 9.17) is 9.47 Å². The monoisotopic (exact) mass is 262 g/mol. The van der Waals surface area contributed by atoms with Gasteiger partial charge in [-0.3, -0.25) is 4.90 Å². The Morgan fingerprint density at radius 3 is 3.00 bits per heavy atom. The highest BCUT2D eigenvalue weighted by Gasteiger charge is 2.53. The SMILES string of the molecule is CC(C)N1CC2(C1)OCC[C@@H]2COc1ccccn1. The van der Waals surface area contributed by atoms with E-state index < -0.39 is 0 Å². The van der Waals surface area contributed by atoms with Crippen LogP contribution in [0.2, 0.25) is 0 Å². The third-order valence-electron chi connectivity index (χ3n) is 4.34. The summed E-state index contributed by atoms with van der Waals surface area (Å²) in [6.45, 7) is 8.13. The first-order chi connectivity index (χ1) is 9.20. The lowest BCUT2D eigenvalue weighted by atomic mass is 9.80. The van der Waals surface area contributed by atoms with Crippen LogP contribution in [0.1, 0.15) is 20.3 Å². The van der Waals surface area contributed by atoms with Crippen LogP contribution in [0, 0.1) is 5.92 Å². The molecule has 4 nitrogen and oxygen atoms in total. The molecule has 3 heterocycles. The van der Waals surface area contributed by atoms with E-state index in [-0.39, 0.29) is 5.60 Å².